The van der Waals surface area contributed by atoms with Crippen molar-refractivity contribution in [1.29, 1.82) is 0 Å². The molecule has 0 aromatic heterocycles. The van der Waals surface area contributed by atoms with Crippen LogP contribution in [0.1, 0.15) is 37.5 Å². The summed E-state index contributed by atoms with van der Waals surface area (Å²) < 4.78 is 26.6. The van der Waals surface area contributed by atoms with Crippen molar-refractivity contribution in [2.24, 2.45) is 0 Å². The molecule has 3 aromatic rings. The zero-order chi connectivity index (χ0) is 27.9. The maximum Gasteiger partial charge on any atom is 0.244 e. The van der Waals surface area contributed by atoms with Crippen LogP contribution in [-0.2, 0) is 32.6 Å². The minimum absolute atomic E-state index is 0.153. The van der Waals surface area contributed by atoms with Crippen LogP contribution in [0.2, 0.25) is 0 Å². The highest BCUT2D eigenvalue weighted by Gasteiger charge is 2.34. The van der Waals surface area contributed by atoms with E-state index in [0.29, 0.717) is 5.69 Å². The van der Waals surface area contributed by atoms with Crippen molar-refractivity contribution in [3.63, 3.8) is 0 Å². The molecule has 0 aliphatic carbocycles. The monoisotopic (exact) mass is 535 g/mol. The number of sulfonamides is 1. The van der Waals surface area contributed by atoms with Crippen LogP contribution in [0.15, 0.2) is 84.9 Å². The molecule has 0 unspecified atom stereocenters. The SMILES string of the molecule is Cc1ccc(CN(C(=O)CN(c2ccccc2)S(C)(=O)=O)[C@H](Cc2ccccc2)C(=O)NC(C)(C)C)cc1. The highest BCUT2D eigenvalue weighted by Crippen LogP contribution is 2.20. The molecule has 3 aromatic carbocycles. The molecule has 3 rings (SSSR count). The zero-order valence-corrected chi connectivity index (χ0v) is 23.5. The summed E-state index contributed by atoms with van der Waals surface area (Å²) in [6.45, 7) is 7.36. The number of amides is 2. The van der Waals surface area contributed by atoms with Crippen LogP contribution in [0.5, 0.6) is 0 Å². The van der Waals surface area contributed by atoms with E-state index < -0.39 is 34.1 Å². The van der Waals surface area contributed by atoms with Gasteiger partial charge in [-0.1, -0.05) is 78.4 Å². The molecule has 202 valence electrons. The average molecular weight is 536 g/mol. The molecule has 0 bridgehead atoms. The molecule has 2 amide bonds. The molecule has 0 aliphatic rings. The minimum Gasteiger partial charge on any atom is -0.350 e. The van der Waals surface area contributed by atoms with Gasteiger partial charge >= 0.3 is 0 Å². The second kappa shape index (κ2) is 12.3. The molecule has 7 nitrogen and oxygen atoms in total. The Hall–Kier alpha value is -3.65. The minimum atomic E-state index is -3.77. The first-order valence-electron chi connectivity index (χ1n) is 12.6. The molecule has 0 radical (unpaired) electrons. The first-order valence-corrected chi connectivity index (χ1v) is 14.4. The van der Waals surface area contributed by atoms with Crippen LogP contribution in [0, 0.1) is 6.92 Å². The first kappa shape index (κ1) is 28.9. The van der Waals surface area contributed by atoms with Gasteiger partial charge in [0.15, 0.2) is 0 Å². The van der Waals surface area contributed by atoms with Gasteiger partial charge in [-0.15, -0.1) is 0 Å². The Morgan fingerprint density at radius 2 is 1.39 bits per heavy atom. The Labute approximate surface area is 226 Å². The van der Waals surface area contributed by atoms with Crippen LogP contribution < -0.4 is 9.62 Å². The van der Waals surface area contributed by atoms with E-state index >= 15 is 0 Å². The van der Waals surface area contributed by atoms with E-state index in [1.165, 1.54) is 4.90 Å². The van der Waals surface area contributed by atoms with Crippen LogP contribution in [0.25, 0.3) is 0 Å². The number of nitrogens with zero attached hydrogens (tertiary/aromatic N) is 2. The molecule has 0 aliphatic heterocycles. The Morgan fingerprint density at radius 3 is 1.92 bits per heavy atom. The van der Waals surface area contributed by atoms with Crippen LogP contribution >= 0.6 is 0 Å². The first-order chi connectivity index (χ1) is 17.8. The number of carbonyl (C=O) groups excluding carboxylic acids is 2. The van der Waals surface area contributed by atoms with E-state index in [4.69, 9.17) is 0 Å². The molecule has 8 heteroatoms. The zero-order valence-electron chi connectivity index (χ0n) is 22.7. The molecule has 0 fully saturated rings. The van der Waals surface area contributed by atoms with Gasteiger partial charge < -0.3 is 10.2 Å². The predicted molar refractivity (Wildman–Crippen MR) is 152 cm³/mol. The van der Waals surface area contributed by atoms with E-state index in [1.807, 2.05) is 82.3 Å². The summed E-state index contributed by atoms with van der Waals surface area (Å²) in [4.78, 5) is 29.2. The second-order valence-electron chi connectivity index (χ2n) is 10.6. The molecular formula is C30H37N3O4S. The largest absolute Gasteiger partial charge is 0.350 e. The lowest BCUT2D eigenvalue weighted by Crippen LogP contribution is -2.56. The average Bonchev–Trinajstić information content (AvgIpc) is 2.85. The number of hydrogen-bond donors (Lipinski definition) is 1. The number of nitrogens with one attached hydrogen (secondary N) is 1. The fourth-order valence-corrected chi connectivity index (χ4v) is 4.95. The van der Waals surface area contributed by atoms with Gasteiger partial charge in [0.05, 0.1) is 11.9 Å². The Kier molecular flexibility index (Phi) is 9.33. The van der Waals surface area contributed by atoms with E-state index in [1.54, 1.807) is 30.3 Å². The summed E-state index contributed by atoms with van der Waals surface area (Å²) in [7, 11) is -3.77. The van der Waals surface area contributed by atoms with Crippen molar-refractivity contribution in [1.82, 2.24) is 10.2 Å². The van der Waals surface area contributed by atoms with Gasteiger partial charge in [0.1, 0.15) is 12.6 Å². The molecule has 1 atom stereocenters. The highest BCUT2D eigenvalue weighted by molar-refractivity contribution is 7.92. The smallest absolute Gasteiger partial charge is 0.244 e. The number of aryl methyl sites for hydroxylation is 1. The Bertz CT molecular complexity index is 1320. The summed E-state index contributed by atoms with van der Waals surface area (Å²) in [6, 6.07) is 24.9. The van der Waals surface area contributed by atoms with Gasteiger partial charge in [-0.25, -0.2) is 8.42 Å². The normalized spacial score (nSPS) is 12.4. The van der Waals surface area contributed by atoms with E-state index in [0.717, 1.165) is 27.3 Å². The topological polar surface area (TPSA) is 86.8 Å². The Morgan fingerprint density at radius 1 is 0.842 bits per heavy atom. The molecule has 0 saturated carbocycles. The summed E-state index contributed by atoms with van der Waals surface area (Å²) in [5.74, 6) is -0.766. The van der Waals surface area contributed by atoms with E-state index in [2.05, 4.69) is 5.32 Å². The number of hydrogen-bond acceptors (Lipinski definition) is 4. The van der Waals surface area contributed by atoms with Crippen molar-refractivity contribution in [3.05, 3.63) is 102 Å². The third-order valence-corrected chi connectivity index (χ3v) is 7.11. The molecule has 0 saturated heterocycles. The standard InChI is InChI=1S/C30H37N3O4S/c1-23-16-18-25(19-17-23)21-32(28(34)22-33(38(5,36)37)26-14-10-7-11-15-26)27(29(35)31-30(2,3)4)20-24-12-8-6-9-13-24/h6-19,27H,20-22H2,1-5H3,(H,31,35)/t27-/m1/s1. The fourth-order valence-electron chi connectivity index (χ4n) is 4.11. The maximum atomic E-state index is 14.0. The van der Waals surface area contributed by atoms with Crippen molar-refractivity contribution in [3.8, 4) is 0 Å². The lowest BCUT2D eigenvalue weighted by Gasteiger charge is -2.35. The molecule has 38 heavy (non-hydrogen) atoms. The maximum absolute atomic E-state index is 14.0. The number of rotatable bonds is 10. The fraction of sp³-hybridized carbons (Fsp3) is 0.333. The van der Waals surface area contributed by atoms with Crippen LogP contribution in [0.3, 0.4) is 0 Å². The number of anilines is 1. The molecule has 0 heterocycles. The predicted octanol–water partition coefficient (Wildman–Crippen LogP) is 4.32. The second-order valence-corrected chi connectivity index (χ2v) is 12.5. The number of benzene rings is 3. The van der Waals surface area contributed by atoms with E-state index in [-0.39, 0.29) is 18.9 Å². The quantitative estimate of drug-likeness (QED) is 0.419. The molecule has 1 N–H and O–H groups in total. The number of carbonyl (C=O) groups is 2. The number of para-hydroxylation sites is 1. The molecular weight excluding hydrogens is 498 g/mol. The van der Waals surface area contributed by atoms with Crippen molar-refractivity contribution < 1.29 is 18.0 Å². The third kappa shape index (κ3) is 8.45. The van der Waals surface area contributed by atoms with Gasteiger partial charge in [0, 0.05) is 18.5 Å². The Balaban J connectivity index is 2.05. The molecule has 0 spiro atoms. The summed E-state index contributed by atoms with van der Waals surface area (Å²) >= 11 is 0. The van der Waals surface area contributed by atoms with E-state index in [9.17, 15) is 18.0 Å². The van der Waals surface area contributed by atoms with Crippen LogP contribution in [-0.4, -0.2) is 49.5 Å². The van der Waals surface area contributed by atoms with Crippen molar-refractivity contribution in [2.45, 2.75) is 52.2 Å². The highest BCUT2D eigenvalue weighted by atomic mass is 32.2. The third-order valence-electron chi connectivity index (χ3n) is 5.97. The summed E-state index contributed by atoms with van der Waals surface area (Å²) in [6.07, 6.45) is 1.36. The van der Waals surface area contributed by atoms with Gasteiger partial charge in [0.25, 0.3) is 0 Å². The lowest BCUT2D eigenvalue weighted by molar-refractivity contribution is -0.140. The van der Waals surface area contributed by atoms with Gasteiger partial charge in [-0.2, -0.15) is 0 Å². The van der Waals surface area contributed by atoms with Crippen LogP contribution in [0.4, 0.5) is 5.69 Å². The van der Waals surface area contributed by atoms with Crippen molar-refractivity contribution in [2.75, 3.05) is 17.1 Å². The summed E-state index contributed by atoms with van der Waals surface area (Å²) in [5, 5.41) is 3.02. The summed E-state index contributed by atoms with van der Waals surface area (Å²) in [5.41, 5.74) is 2.68. The van der Waals surface area contributed by atoms with Gasteiger partial charge in [-0.3, -0.25) is 13.9 Å². The van der Waals surface area contributed by atoms with Gasteiger partial charge in [-0.05, 0) is 51.0 Å². The van der Waals surface area contributed by atoms with Gasteiger partial charge in [0.2, 0.25) is 21.8 Å². The van der Waals surface area contributed by atoms with Crippen molar-refractivity contribution >= 4 is 27.5 Å². The lowest BCUT2D eigenvalue weighted by atomic mass is 10.0.